The summed E-state index contributed by atoms with van der Waals surface area (Å²) >= 11 is 1.62. The molecule has 30 heavy (non-hydrogen) atoms. The third kappa shape index (κ3) is 3.48. The van der Waals surface area contributed by atoms with Crippen LogP contribution >= 0.6 is 11.3 Å². The van der Waals surface area contributed by atoms with E-state index in [0.717, 1.165) is 21.2 Å². The number of H-pyrrole nitrogens is 1. The van der Waals surface area contributed by atoms with E-state index < -0.39 is 0 Å². The van der Waals surface area contributed by atoms with E-state index in [0.29, 0.717) is 48.7 Å². The number of aromatic nitrogens is 3. The van der Waals surface area contributed by atoms with Gasteiger partial charge in [-0.25, -0.2) is 4.98 Å². The molecule has 3 aromatic heterocycles. The highest BCUT2D eigenvalue weighted by atomic mass is 32.1. The maximum atomic E-state index is 12.8. The van der Waals surface area contributed by atoms with Gasteiger partial charge in [0, 0.05) is 19.3 Å². The number of nitrogens with one attached hydrogen (secondary N) is 1. The van der Waals surface area contributed by atoms with Crippen LogP contribution in [0.4, 0.5) is 0 Å². The van der Waals surface area contributed by atoms with Crippen LogP contribution < -0.4 is 5.56 Å². The van der Waals surface area contributed by atoms with Crippen LogP contribution in [0.25, 0.3) is 32.5 Å². The lowest BCUT2D eigenvalue weighted by molar-refractivity contribution is -0.134. The highest BCUT2D eigenvalue weighted by molar-refractivity contribution is 7.17. The number of carbonyl (C=O) groups excluding carboxylic acids is 1. The van der Waals surface area contributed by atoms with Gasteiger partial charge in [0.2, 0.25) is 5.91 Å². The summed E-state index contributed by atoms with van der Waals surface area (Å²) in [6, 6.07) is 7.66. The van der Waals surface area contributed by atoms with Crippen molar-refractivity contribution in [2.24, 2.45) is 0 Å². The number of aromatic amines is 1. The van der Waals surface area contributed by atoms with E-state index in [-0.39, 0.29) is 17.9 Å². The van der Waals surface area contributed by atoms with Gasteiger partial charge >= 0.3 is 0 Å². The van der Waals surface area contributed by atoms with Gasteiger partial charge in [0.25, 0.3) is 5.56 Å². The van der Waals surface area contributed by atoms with Crippen molar-refractivity contribution < 1.29 is 9.53 Å². The van der Waals surface area contributed by atoms with Gasteiger partial charge in [-0.05, 0) is 47.0 Å². The lowest BCUT2D eigenvalue weighted by atomic mass is 10.0. The number of fused-ring (bicyclic) bond motifs is 2. The predicted octanol–water partition coefficient (Wildman–Crippen LogP) is 2.91. The number of hydrogen-bond donors (Lipinski definition) is 1. The lowest BCUT2D eigenvalue weighted by Crippen LogP contribution is -2.41. The maximum Gasteiger partial charge on any atom is 0.259 e. The lowest BCUT2D eigenvalue weighted by Gasteiger charge is -2.27. The Morgan fingerprint density at radius 3 is 2.93 bits per heavy atom. The number of benzene rings is 1. The summed E-state index contributed by atoms with van der Waals surface area (Å²) in [5.74, 6) is 0.493. The molecule has 5 rings (SSSR count). The third-order valence-electron chi connectivity index (χ3n) is 5.36. The molecule has 0 atom stereocenters. The smallest absolute Gasteiger partial charge is 0.259 e. The van der Waals surface area contributed by atoms with Gasteiger partial charge in [-0.1, -0.05) is 6.07 Å². The molecule has 1 aromatic carbocycles. The number of thiophene rings is 1. The molecule has 0 aliphatic carbocycles. The molecule has 1 N–H and O–H groups in total. The van der Waals surface area contributed by atoms with Crippen molar-refractivity contribution in [3.8, 4) is 11.5 Å². The highest BCUT2D eigenvalue weighted by Crippen LogP contribution is 2.25. The predicted molar refractivity (Wildman–Crippen MR) is 117 cm³/mol. The fourth-order valence-electron chi connectivity index (χ4n) is 3.81. The number of aryl methyl sites for hydroxylation is 1. The van der Waals surface area contributed by atoms with Crippen molar-refractivity contribution >= 4 is 38.2 Å². The van der Waals surface area contributed by atoms with E-state index in [4.69, 9.17) is 4.74 Å². The van der Waals surface area contributed by atoms with Crippen LogP contribution in [0.3, 0.4) is 0 Å². The average molecular weight is 420 g/mol. The normalized spacial score (nSPS) is 14.5. The number of rotatable bonds is 3. The zero-order valence-corrected chi connectivity index (χ0v) is 17.3. The number of carbonyl (C=O) groups is 1. The summed E-state index contributed by atoms with van der Waals surface area (Å²) in [5.41, 5.74) is 2.70. The molecule has 4 aromatic rings. The van der Waals surface area contributed by atoms with Crippen molar-refractivity contribution in [1.29, 1.82) is 0 Å². The average Bonchev–Trinajstić information content (AvgIpc) is 3.23. The van der Waals surface area contributed by atoms with Gasteiger partial charge < -0.3 is 14.6 Å². The number of nitrogens with zero attached hydrogens (tertiary/aromatic N) is 3. The van der Waals surface area contributed by atoms with Crippen molar-refractivity contribution in [3.63, 3.8) is 0 Å². The molecule has 0 bridgehead atoms. The number of ether oxygens (including phenoxy) is 1. The van der Waals surface area contributed by atoms with Gasteiger partial charge in [-0.15, -0.1) is 11.3 Å². The summed E-state index contributed by atoms with van der Waals surface area (Å²) < 4.78 is 6.40. The first-order chi connectivity index (χ1) is 14.6. The molecule has 1 amide bonds. The summed E-state index contributed by atoms with van der Waals surface area (Å²) in [7, 11) is 0. The minimum absolute atomic E-state index is 0.0475. The van der Waals surface area contributed by atoms with Crippen LogP contribution in [0.1, 0.15) is 11.1 Å². The highest BCUT2D eigenvalue weighted by Gasteiger charge is 2.18. The first-order valence-electron chi connectivity index (χ1n) is 9.81. The first kappa shape index (κ1) is 18.9. The van der Waals surface area contributed by atoms with Gasteiger partial charge in [0.1, 0.15) is 5.69 Å². The van der Waals surface area contributed by atoms with E-state index >= 15 is 0 Å². The van der Waals surface area contributed by atoms with E-state index in [1.165, 1.54) is 0 Å². The van der Waals surface area contributed by atoms with Crippen molar-refractivity contribution in [2.75, 3.05) is 26.3 Å². The minimum Gasteiger partial charge on any atom is -0.378 e. The van der Waals surface area contributed by atoms with Crippen LogP contribution in [0.2, 0.25) is 0 Å². The van der Waals surface area contributed by atoms with E-state index in [2.05, 4.69) is 15.0 Å². The first-order valence-corrected chi connectivity index (χ1v) is 10.7. The second-order valence-electron chi connectivity index (χ2n) is 7.42. The quantitative estimate of drug-likeness (QED) is 0.551. The molecule has 0 unspecified atom stereocenters. The molecule has 8 heteroatoms. The Kier molecular flexibility index (Phi) is 4.80. The zero-order chi connectivity index (χ0) is 20.7. The second kappa shape index (κ2) is 7.62. The monoisotopic (exact) mass is 420 g/mol. The van der Waals surface area contributed by atoms with Crippen LogP contribution in [-0.2, 0) is 16.0 Å². The summed E-state index contributed by atoms with van der Waals surface area (Å²) in [5, 5.41) is 3.57. The Morgan fingerprint density at radius 1 is 1.27 bits per heavy atom. The minimum atomic E-state index is -0.231. The SMILES string of the molecule is Cc1cc(CC(=O)N2CCOCC2)cc2c(=O)[nH]c(-c3cc4ccsc4cn3)nc12. The maximum absolute atomic E-state index is 12.8. The van der Waals surface area contributed by atoms with E-state index in [1.54, 1.807) is 28.5 Å². The third-order valence-corrected chi connectivity index (χ3v) is 6.23. The van der Waals surface area contributed by atoms with Gasteiger partial charge in [-0.3, -0.25) is 14.6 Å². The van der Waals surface area contributed by atoms with Crippen LogP contribution in [0.15, 0.2) is 40.6 Å². The van der Waals surface area contributed by atoms with E-state index in [9.17, 15) is 9.59 Å². The second-order valence-corrected chi connectivity index (χ2v) is 8.37. The van der Waals surface area contributed by atoms with Crippen LogP contribution in [0.5, 0.6) is 0 Å². The molecular weight excluding hydrogens is 400 g/mol. The zero-order valence-electron chi connectivity index (χ0n) is 16.5. The Labute approximate surface area is 176 Å². The summed E-state index contributed by atoms with van der Waals surface area (Å²) in [4.78, 5) is 39.2. The molecule has 1 saturated heterocycles. The van der Waals surface area contributed by atoms with Crippen LogP contribution in [0, 0.1) is 6.92 Å². The summed E-state index contributed by atoms with van der Waals surface area (Å²) in [6.45, 7) is 4.27. The van der Waals surface area contributed by atoms with Gasteiger partial charge in [0.05, 0.1) is 35.2 Å². The molecular formula is C22H20N4O3S. The molecule has 0 radical (unpaired) electrons. The Bertz CT molecular complexity index is 1320. The van der Waals surface area contributed by atoms with Gasteiger partial charge in [-0.2, -0.15) is 0 Å². The topological polar surface area (TPSA) is 88.2 Å². The summed E-state index contributed by atoms with van der Waals surface area (Å²) in [6.07, 6.45) is 2.06. The number of pyridine rings is 1. The largest absolute Gasteiger partial charge is 0.378 e. The molecule has 152 valence electrons. The number of morpholine rings is 1. The van der Waals surface area contributed by atoms with Crippen molar-refractivity contribution in [1.82, 2.24) is 19.9 Å². The fourth-order valence-corrected chi connectivity index (χ4v) is 4.55. The van der Waals surface area contributed by atoms with Crippen LogP contribution in [-0.4, -0.2) is 52.1 Å². The van der Waals surface area contributed by atoms with Crippen molar-refractivity contribution in [2.45, 2.75) is 13.3 Å². The fraction of sp³-hybridized carbons (Fsp3) is 0.273. The molecule has 1 aliphatic rings. The molecule has 0 spiro atoms. The van der Waals surface area contributed by atoms with Gasteiger partial charge in [0.15, 0.2) is 5.82 Å². The number of amides is 1. The Balaban J connectivity index is 1.50. The van der Waals surface area contributed by atoms with E-state index in [1.807, 2.05) is 30.5 Å². The molecule has 7 nitrogen and oxygen atoms in total. The molecule has 1 aliphatic heterocycles. The molecule has 1 fully saturated rings. The number of hydrogen-bond acceptors (Lipinski definition) is 6. The Hall–Kier alpha value is -3.10. The Morgan fingerprint density at radius 2 is 2.10 bits per heavy atom. The molecule has 4 heterocycles. The van der Waals surface area contributed by atoms with Crippen molar-refractivity contribution in [3.05, 3.63) is 57.3 Å². The molecule has 0 saturated carbocycles. The standard InChI is InChI=1S/C22H20N4O3S/c1-13-8-14(10-19(27)26-3-5-29-6-4-26)9-16-20(13)24-21(25-22(16)28)17-11-15-2-7-30-18(15)12-23-17/h2,7-9,11-12H,3-6,10H2,1H3,(H,24,25,28).